The van der Waals surface area contributed by atoms with Gasteiger partial charge >= 0.3 is 12.1 Å². The van der Waals surface area contributed by atoms with E-state index in [9.17, 15) is 27.6 Å². The van der Waals surface area contributed by atoms with Gasteiger partial charge in [-0.15, -0.1) is 13.2 Å². The summed E-state index contributed by atoms with van der Waals surface area (Å²) in [5.41, 5.74) is 1.59. The summed E-state index contributed by atoms with van der Waals surface area (Å²) in [6.45, 7) is 1.87. The van der Waals surface area contributed by atoms with Crippen LogP contribution in [0.5, 0.6) is 5.75 Å². The van der Waals surface area contributed by atoms with E-state index in [2.05, 4.69) is 30.4 Å². The van der Waals surface area contributed by atoms with Crippen LogP contribution in [0.25, 0.3) is 6.08 Å². The Balaban J connectivity index is 1.28. The average Bonchev–Trinajstić information content (AvgIpc) is 3.50. The molecule has 39 heavy (non-hydrogen) atoms. The number of hydrogen-bond acceptors (Lipinski definition) is 8. The van der Waals surface area contributed by atoms with E-state index < -0.39 is 35.8 Å². The van der Waals surface area contributed by atoms with Crippen molar-refractivity contribution < 1.29 is 31.9 Å². The molecular weight excluding hydrogens is 521 g/mol. The van der Waals surface area contributed by atoms with Crippen LogP contribution < -0.4 is 21.1 Å². The van der Waals surface area contributed by atoms with Crippen molar-refractivity contribution in [2.24, 2.45) is 16.0 Å². The minimum absolute atomic E-state index is 0.00849. The molecule has 0 saturated heterocycles. The fourth-order valence-electron chi connectivity index (χ4n) is 4.44. The van der Waals surface area contributed by atoms with Crippen LogP contribution in [-0.2, 0) is 22.6 Å². The van der Waals surface area contributed by atoms with Crippen LogP contribution in [0.3, 0.4) is 0 Å². The SMILES string of the molecule is CC1Cc2oc(=O)[nH]c2C=C1CNC(=O)C1=NC2CC=NN2C(C(=O)NCc2ccccc2OC(F)(F)F)=C1. The van der Waals surface area contributed by atoms with Gasteiger partial charge in [0.05, 0.1) is 5.69 Å². The minimum Gasteiger partial charge on any atom is -0.412 e. The standard InChI is InChI=1S/C25H23F3N6O5/c1-13-8-20-16(33-24(37)38-20)9-15(13)12-29-22(35)17-10-18(34-21(32-17)6-7-31-34)23(36)30-11-14-4-2-3-5-19(14)39-25(26,27)28/h2-5,7,9-10,13,21H,6,8,11-12H2,1H3,(H,29,35)(H,30,36)(H,33,37). The third-order valence-corrected chi connectivity index (χ3v) is 6.38. The first-order chi connectivity index (χ1) is 18.6. The molecule has 3 N–H and O–H groups in total. The smallest absolute Gasteiger partial charge is 0.412 e. The third-order valence-electron chi connectivity index (χ3n) is 6.38. The van der Waals surface area contributed by atoms with Crippen molar-refractivity contribution in [3.8, 4) is 5.75 Å². The van der Waals surface area contributed by atoms with Gasteiger partial charge in [-0.25, -0.2) is 9.80 Å². The molecule has 0 fully saturated rings. The van der Waals surface area contributed by atoms with Crippen LogP contribution in [0.15, 0.2) is 60.9 Å². The zero-order valence-electron chi connectivity index (χ0n) is 20.5. The second-order valence-electron chi connectivity index (χ2n) is 9.10. The molecule has 14 heteroatoms. The van der Waals surface area contributed by atoms with Crippen LogP contribution in [0, 0.1) is 5.92 Å². The Morgan fingerprint density at radius 3 is 2.74 bits per heavy atom. The number of nitrogens with zero attached hydrogens (tertiary/aromatic N) is 3. The Morgan fingerprint density at radius 1 is 1.18 bits per heavy atom. The number of hydrogen-bond donors (Lipinski definition) is 3. The maximum atomic E-state index is 13.1. The van der Waals surface area contributed by atoms with Gasteiger partial charge in [-0.05, 0) is 23.6 Å². The van der Waals surface area contributed by atoms with Crippen LogP contribution in [0.2, 0.25) is 0 Å². The highest BCUT2D eigenvalue weighted by Gasteiger charge is 2.34. The van der Waals surface area contributed by atoms with Gasteiger partial charge in [0, 0.05) is 43.8 Å². The van der Waals surface area contributed by atoms with Crippen molar-refractivity contribution in [1.29, 1.82) is 0 Å². The van der Waals surface area contributed by atoms with E-state index in [1.807, 2.05) is 6.92 Å². The minimum atomic E-state index is -4.88. The zero-order chi connectivity index (χ0) is 27.7. The van der Waals surface area contributed by atoms with Gasteiger partial charge < -0.3 is 19.8 Å². The van der Waals surface area contributed by atoms with Gasteiger partial charge in [0.15, 0.2) is 0 Å². The van der Waals surface area contributed by atoms with Crippen molar-refractivity contribution >= 4 is 29.8 Å². The molecule has 11 nitrogen and oxygen atoms in total. The fraction of sp³-hybridized carbons (Fsp3) is 0.320. The van der Waals surface area contributed by atoms with Gasteiger partial charge in [0.2, 0.25) is 0 Å². The first kappa shape index (κ1) is 26.0. The number of H-pyrrole nitrogens is 1. The molecule has 1 aliphatic carbocycles. The maximum Gasteiger partial charge on any atom is 0.573 e. The highest BCUT2D eigenvalue weighted by atomic mass is 19.4. The summed E-state index contributed by atoms with van der Waals surface area (Å²) >= 11 is 0. The van der Waals surface area contributed by atoms with E-state index in [4.69, 9.17) is 4.42 Å². The molecule has 2 atom stereocenters. The van der Waals surface area contributed by atoms with Crippen molar-refractivity contribution in [3.63, 3.8) is 0 Å². The Kier molecular flexibility index (Phi) is 6.85. The Hall–Kier alpha value is -4.62. The quantitative estimate of drug-likeness (QED) is 0.488. The number of hydrazone groups is 1. The number of benzene rings is 1. The average molecular weight is 544 g/mol. The normalized spacial score (nSPS) is 19.9. The number of fused-ring (bicyclic) bond motifs is 2. The molecule has 1 aromatic carbocycles. The lowest BCUT2D eigenvalue weighted by molar-refractivity contribution is -0.274. The lowest BCUT2D eigenvalue weighted by Crippen LogP contribution is -2.42. The number of carbonyl (C=O) groups is 2. The molecule has 0 radical (unpaired) electrons. The summed E-state index contributed by atoms with van der Waals surface area (Å²) < 4.78 is 47.3. The number of rotatable bonds is 7. The predicted octanol–water partition coefficient (Wildman–Crippen LogP) is 2.23. The molecule has 1 aromatic heterocycles. The molecular formula is C25H23F3N6O5. The second-order valence-corrected chi connectivity index (χ2v) is 9.10. The third kappa shape index (κ3) is 5.78. The van der Waals surface area contributed by atoms with E-state index in [0.717, 1.165) is 11.6 Å². The number of amides is 2. The van der Waals surface area contributed by atoms with Crippen molar-refractivity contribution in [3.05, 3.63) is 69.2 Å². The summed E-state index contributed by atoms with van der Waals surface area (Å²) in [6.07, 6.45) is -0.0181. The first-order valence-corrected chi connectivity index (χ1v) is 12.0. The number of nitrogens with one attached hydrogen (secondary N) is 3. The number of ether oxygens (including phenoxy) is 1. The van der Waals surface area contributed by atoms with E-state index in [1.165, 1.54) is 29.3 Å². The largest absolute Gasteiger partial charge is 0.573 e. The number of halogens is 3. The van der Waals surface area contributed by atoms with Crippen molar-refractivity contribution in [1.82, 2.24) is 20.6 Å². The van der Waals surface area contributed by atoms with Crippen molar-refractivity contribution in [2.75, 3.05) is 6.54 Å². The molecule has 2 amide bonds. The first-order valence-electron chi connectivity index (χ1n) is 12.0. The monoisotopic (exact) mass is 544 g/mol. The number of oxazole rings is 1. The molecule has 3 aliphatic rings. The van der Waals surface area contributed by atoms with E-state index in [1.54, 1.807) is 12.3 Å². The molecule has 2 aromatic rings. The van der Waals surface area contributed by atoms with Gasteiger partial charge in [-0.2, -0.15) is 5.10 Å². The van der Waals surface area contributed by atoms with Gasteiger partial charge in [-0.3, -0.25) is 19.6 Å². The van der Waals surface area contributed by atoms with Crippen LogP contribution in [-0.4, -0.2) is 52.8 Å². The number of alkyl halides is 3. The lowest BCUT2D eigenvalue weighted by Gasteiger charge is -2.27. The highest BCUT2D eigenvalue weighted by molar-refractivity contribution is 6.44. The van der Waals surface area contributed by atoms with Crippen LogP contribution >= 0.6 is 0 Å². The lowest BCUT2D eigenvalue weighted by atomic mass is 9.90. The molecule has 5 rings (SSSR count). The van der Waals surface area contributed by atoms with Gasteiger partial charge in [0.25, 0.3) is 11.8 Å². The van der Waals surface area contributed by atoms with Crippen LogP contribution in [0.1, 0.15) is 30.4 Å². The molecule has 204 valence electrons. The Morgan fingerprint density at radius 2 is 1.95 bits per heavy atom. The topological polar surface area (TPSA) is 141 Å². The van der Waals surface area contributed by atoms with Crippen molar-refractivity contribution in [2.45, 2.75) is 38.8 Å². The summed E-state index contributed by atoms with van der Waals surface area (Å²) in [7, 11) is 0. The van der Waals surface area contributed by atoms with E-state index >= 15 is 0 Å². The summed E-state index contributed by atoms with van der Waals surface area (Å²) in [5.74, 6) is -1.56. The van der Waals surface area contributed by atoms with E-state index in [0.29, 0.717) is 24.3 Å². The molecule has 3 heterocycles. The number of carbonyl (C=O) groups excluding carboxylic acids is 2. The summed E-state index contributed by atoms with van der Waals surface area (Å²) in [4.78, 5) is 44.5. The molecule has 0 saturated carbocycles. The highest BCUT2D eigenvalue weighted by Crippen LogP contribution is 2.28. The van der Waals surface area contributed by atoms with Crippen LogP contribution in [0.4, 0.5) is 13.2 Å². The maximum absolute atomic E-state index is 13.1. The second kappa shape index (κ2) is 10.3. The Bertz CT molecular complexity index is 1490. The molecule has 2 aliphatic heterocycles. The zero-order valence-corrected chi connectivity index (χ0v) is 20.5. The number of aromatic nitrogens is 1. The number of para-hydroxylation sites is 1. The van der Waals surface area contributed by atoms with Gasteiger partial charge in [-0.1, -0.05) is 25.1 Å². The number of aliphatic imine (C=N–C) groups is 1. The van der Waals surface area contributed by atoms with E-state index in [-0.39, 0.29) is 36.0 Å². The molecule has 2 unspecified atom stereocenters. The Labute approximate surface area is 219 Å². The summed E-state index contributed by atoms with van der Waals surface area (Å²) in [5, 5.41) is 10.9. The molecule has 0 bridgehead atoms. The number of aromatic amines is 1. The predicted molar refractivity (Wildman–Crippen MR) is 132 cm³/mol. The van der Waals surface area contributed by atoms with Gasteiger partial charge in [0.1, 0.15) is 29.1 Å². The molecule has 0 spiro atoms. The fourth-order valence-corrected chi connectivity index (χ4v) is 4.44. The summed E-state index contributed by atoms with van der Waals surface area (Å²) in [6, 6.07) is 5.46.